The fraction of sp³-hybridized carbons (Fsp3) is 0.409. The summed E-state index contributed by atoms with van der Waals surface area (Å²) < 4.78 is 13.1. The maximum absolute atomic E-state index is 13.1. The average Bonchev–Trinajstić information content (AvgIpc) is 2.69. The second-order valence-corrected chi connectivity index (χ2v) is 7.26. The van der Waals surface area contributed by atoms with Gasteiger partial charge in [-0.25, -0.2) is 4.39 Å². The van der Waals surface area contributed by atoms with Gasteiger partial charge < -0.3 is 5.32 Å². The molecule has 1 N–H and O–H groups in total. The van der Waals surface area contributed by atoms with Crippen LogP contribution in [0, 0.1) is 5.82 Å². The Morgan fingerprint density at radius 3 is 2.26 bits per heavy atom. The molecule has 0 aromatic heterocycles. The van der Waals surface area contributed by atoms with Crippen LogP contribution in [0.3, 0.4) is 0 Å². The van der Waals surface area contributed by atoms with Gasteiger partial charge in [0.05, 0.1) is 12.1 Å². The van der Waals surface area contributed by atoms with Crippen LogP contribution in [-0.4, -0.2) is 47.9 Å². The summed E-state index contributed by atoms with van der Waals surface area (Å²) in [7, 11) is 0. The van der Waals surface area contributed by atoms with Crippen LogP contribution in [0.2, 0.25) is 0 Å². The average molecular weight is 369 g/mol. The Labute approximate surface area is 161 Å². The molecular weight excluding hydrogens is 341 g/mol. The van der Waals surface area contributed by atoms with Crippen LogP contribution in [0.25, 0.3) is 0 Å². The molecular formula is C22H28FN3O. The van der Waals surface area contributed by atoms with Gasteiger partial charge in [-0.3, -0.25) is 14.6 Å². The molecule has 1 aliphatic rings. The molecule has 2 aromatic rings. The van der Waals surface area contributed by atoms with Crippen molar-refractivity contribution in [3.8, 4) is 0 Å². The number of hydrogen-bond acceptors (Lipinski definition) is 3. The number of nitrogens with zero attached hydrogens (tertiary/aromatic N) is 2. The van der Waals surface area contributed by atoms with E-state index in [1.165, 1.54) is 17.7 Å². The Hall–Kier alpha value is -2.24. The molecule has 1 aliphatic heterocycles. The molecule has 5 heteroatoms. The third-order valence-corrected chi connectivity index (χ3v) is 5.31. The normalized spacial score (nSPS) is 18.0. The molecule has 0 spiro atoms. The smallest absolute Gasteiger partial charge is 0.237 e. The number of piperazine rings is 1. The van der Waals surface area contributed by atoms with Crippen LogP contribution in [-0.2, 0) is 11.3 Å². The van der Waals surface area contributed by atoms with Gasteiger partial charge in [-0.05, 0) is 37.1 Å². The van der Waals surface area contributed by atoms with Gasteiger partial charge in [0, 0.05) is 32.7 Å². The standard InChI is InChI=1S/C22H28FN3O/c1-17(20-8-10-21(23)11-9-20)24-22(27)18(2)26-14-12-25(13-15-26)16-19-6-4-3-5-7-19/h3-11,17-18H,12-16H2,1-2H3,(H,24,27)/t17-,18-/m0/s1. The van der Waals surface area contributed by atoms with E-state index >= 15 is 0 Å². The van der Waals surface area contributed by atoms with Crippen molar-refractivity contribution < 1.29 is 9.18 Å². The van der Waals surface area contributed by atoms with Gasteiger partial charge in [-0.15, -0.1) is 0 Å². The zero-order valence-corrected chi connectivity index (χ0v) is 16.1. The Morgan fingerprint density at radius 2 is 1.63 bits per heavy atom. The van der Waals surface area contributed by atoms with E-state index in [1.54, 1.807) is 12.1 Å². The van der Waals surface area contributed by atoms with E-state index in [0.717, 1.165) is 38.3 Å². The van der Waals surface area contributed by atoms with Crippen molar-refractivity contribution in [2.45, 2.75) is 32.5 Å². The fourth-order valence-corrected chi connectivity index (χ4v) is 3.48. The second kappa shape index (κ2) is 9.11. The third-order valence-electron chi connectivity index (χ3n) is 5.31. The molecule has 1 amide bonds. The first-order valence-corrected chi connectivity index (χ1v) is 9.59. The number of halogens is 1. The van der Waals surface area contributed by atoms with Crippen molar-refractivity contribution in [3.63, 3.8) is 0 Å². The summed E-state index contributed by atoms with van der Waals surface area (Å²) >= 11 is 0. The van der Waals surface area contributed by atoms with Crippen LogP contribution in [0.1, 0.15) is 31.0 Å². The molecule has 2 atom stereocenters. The molecule has 0 saturated carbocycles. The van der Waals surface area contributed by atoms with Crippen molar-refractivity contribution in [3.05, 3.63) is 71.5 Å². The summed E-state index contributed by atoms with van der Waals surface area (Å²) in [6, 6.07) is 16.4. The Kier molecular flexibility index (Phi) is 6.58. The van der Waals surface area contributed by atoms with E-state index in [-0.39, 0.29) is 23.8 Å². The van der Waals surface area contributed by atoms with E-state index in [4.69, 9.17) is 0 Å². The topological polar surface area (TPSA) is 35.6 Å². The van der Waals surface area contributed by atoms with Gasteiger partial charge in [0.2, 0.25) is 5.91 Å². The fourth-order valence-electron chi connectivity index (χ4n) is 3.48. The van der Waals surface area contributed by atoms with E-state index < -0.39 is 0 Å². The molecule has 2 aromatic carbocycles. The van der Waals surface area contributed by atoms with Crippen molar-refractivity contribution in [1.29, 1.82) is 0 Å². The molecule has 0 bridgehead atoms. The maximum Gasteiger partial charge on any atom is 0.237 e. The Morgan fingerprint density at radius 1 is 1.00 bits per heavy atom. The van der Waals surface area contributed by atoms with Gasteiger partial charge in [0.1, 0.15) is 5.82 Å². The minimum absolute atomic E-state index is 0.0170. The van der Waals surface area contributed by atoms with Gasteiger partial charge in [0.25, 0.3) is 0 Å². The molecule has 3 rings (SSSR count). The highest BCUT2D eigenvalue weighted by atomic mass is 19.1. The van der Waals surface area contributed by atoms with Gasteiger partial charge in [-0.2, -0.15) is 0 Å². The number of benzene rings is 2. The number of carbonyl (C=O) groups excluding carboxylic acids is 1. The van der Waals surface area contributed by atoms with Crippen LogP contribution in [0.5, 0.6) is 0 Å². The molecule has 0 aliphatic carbocycles. The highest BCUT2D eigenvalue weighted by Gasteiger charge is 2.26. The Bertz CT molecular complexity index is 727. The van der Waals surface area contributed by atoms with Gasteiger partial charge in [-0.1, -0.05) is 42.5 Å². The lowest BCUT2D eigenvalue weighted by Gasteiger charge is -2.37. The summed E-state index contributed by atoms with van der Waals surface area (Å²) in [5.74, 6) is -0.248. The SMILES string of the molecule is C[C@H](NC(=O)[C@H](C)N1CCN(Cc2ccccc2)CC1)c1ccc(F)cc1. The molecule has 1 fully saturated rings. The second-order valence-electron chi connectivity index (χ2n) is 7.26. The molecule has 0 radical (unpaired) electrons. The lowest BCUT2D eigenvalue weighted by atomic mass is 10.1. The van der Waals surface area contributed by atoms with Crippen molar-refractivity contribution >= 4 is 5.91 Å². The molecule has 144 valence electrons. The molecule has 4 nitrogen and oxygen atoms in total. The number of amides is 1. The summed E-state index contributed by atoms with van der Waals surface area (Å²) in [5.41, 5.74) is 2.23. The highest BCUT2D eigenvalue weighted by Crippen LogP contribution is 2.15. The zero-order chi connectivity index (χ0) is 19.2. The largest absolute Gasteiger partial charge is 0.348 e. The van der Waals surface area contributed by atoms with Crippen molar-refractivity contribution in [2.75, 3.05) is 26.2 Å². The summed E-state index contributed by atoms with van der Waals surface area (Å²) in [6.07, 6.45) is 0. The predicted molar refractivity (Wildman–Crippen MR) is 106 cm³/mol. The van der Waals surface area contributed by atoms with Crippen molar-refractivity contribution in [1.82, 2.24) is 15.1 Å². The number of nitrogens with one attached hydrogen (secondary N) is 1. The lowest BCUT2D eigenvalue weighted by molar-refractivity contribution is -0.127. The molecule has 0 unspecified atom stereocenters. The van der Waals surface area contributed by atoms with Gasteiger partial charge in [0.15, 0.2) is 0 Å². The van der Waals surface area contributed by atoms with E-state index in [1.807, 2.05) is 19.9 Å². The summed E-state index contributed by atoms with van der Waals surface area (Å²) in [4.78, 5) is 17.3. The number of hydrogen-bond donors (Lipinski definition) is 1. The monoisotopic (exact) mass is 369 g/mol. The molecule has 27 heavy (non-hydrogen) atoms. The summed E-state index contributed by atoms with van der Waals surface area (Å²) in [5, 5.41) is 3.05. The maximum atomic E-state index is 13.1. The highest BCUT2D eigenvalue weighted by molar-refractivity contribution is 5.81. The van der Waals surface area contributed by atoms with Gasteiger partial charge >= 0.3 is 0 Å². The van der Waals surface area contributed by atoms with E-state index in [0.29, 0.717) is 0 Å². The number of rotatable bonds is 6. The predicted octanol–water partition coefficient (Wildman–Crippen LogP) is 3.21. The molecule has 1 saturated heterocycles. The third kappa shape index (κ3) is 5.37. The first-order valence-electron chi connectivity index (χ1n) is 9.59. The molecule has 1 heterocycles. The first kappa shape index (κ1) is 19.5. The minimum Gasteiger partial charge on any atom is -0.348 e. The van der Waals surface area contributed by atoms with E-state index in [2.05, 4.69) is 39.4 Å². The van der Waals surface area contributed by atoms with Crippen LogP contribution in [0.15, 0.2) is 54.6 Å². The Balaban J connectivity index is 1.47. The first-order chi connectivity index (χ1) is 13.0. The van der Waals surface area contributed by atoms with Crippen LogP contribution < -0.4 is 5.32 Å². The minimum atomic E-state index is -0.265. The van der Waals surface area contributed by atoms with Crippen LogP contribution >= 0.6 is 0 Å². The number of carbonyl (C=O) groups is 1. The quantitative estimate of drug-likeness (QED) is 0.849. The summed E-state index contributed by atoms with van der Waals surface area (Å²) in [6.45, 7) is 8.52. The van der Waals surface area contributed by atoms with E-state index in [9.17, 15) is 9.18 Å². The van der Waals surface area contributed by atoms with Crippen LogP contribution in [0.4, 0.5) is 4.39 Å². The van der Waals surface area contributed by atoms with Crippen molar-refractivity contribution in [2.24, 2.45) is 0 Å². The lowest BCUT2D eigenvalue weighted by Crippen LogP contribution is -2.53. The zero-order valence-electron chi connectivity index (χ0n) is 16.1.